The molecule has 1 atom stereocenters. The molecule has 0 spiro atoms. The topological polar surface area (TPSA) is 80.9 Å². The number of rotatable bonds is 3. The largest absolute Gasteiger partial charge is 0.327 e. The first kappa shape index (κ1) is 12.2. The highest BCUT2D eigenvalue weighted by atomic mass is 35.5. The van der Waals surface area contributed by atoms with Gasteiger partial charge in [0.1, 0.15) is 11.3 Å². The van der Waals surface area contributed by atoms with Crippen LogP contribution in [0.2, 0.25) is 10.2 Å². The first-order chi connectivity index (χ1) is 7.00. The fraction of sp³-hybridized carbons (Fsp3) is 0.375. The van der Waals surface area contributed by atoms with Crippen molar-refractivity contribution in [1.82, 2.24) is 9.97 Å². The Hall–Kier alpha value is -0.910. The van der Waals surface area contributed by atoms with Crippen molar-refractivity contribution < 1.29 is 4.79 Å². The Morgan fingerprint density at radius 2 is 2.27 bits per heavy atom. The van der Waals surface area contributed by atoms with Crippen molar-refractivity contribution in [3.63, 3.8) is 0 Å². The first-order valence-corrected chi connectivity index (χ1v) is 4.97. The molecule has 0 aliphatic carbocycles. The van der Waals surface area contributed by atoms with E-state index in [1.807, 2.05) is 0 Å². The Balaban J connectivity index is 2.73. The summed E-state index contributed by atoms with van der Waals surface area (Å²) in [5.41, 5.74) is 5.46. The van der Waals surface area contributed by atoms with Crippen LogP contribution in [0.1, 0.15) is 13.3 Å². The predicted octanol–water partition coefficient (Wildman–Crippen LogP) is 1.46. The zero-order valence-corrected chi connectivity index (χ0v) is 9.51. The van der Waals surface area contributed by atoms with Gasteiger partial charge in [0.05, 0.1) is 0 Å². The average molecular weight is 249 g/mol. The van der Waals surface area contributed by atoms with Crippen LogP contribution in [0.5, 0.6) is 0 Å². The zero-order valence-electron chi connectivity index (χ0n) is 8.00. The molecule has 5 nitrogen and oxygen atoms in total. The third-order valence-electron chi connectivity index (χ3n) is 1.51. The average Bonchev–Trinajstić information content (AvgIpc) is 2.11. The lowest BCUT2D eigenvalue weighted by Gasteiger charge is -2.07. The van der Waals surface area contributed by atoms with Crippen molar-refractivity contribution in [2.24, 2.45) is 5.73 Å². The van der Waals surface area contributed by atoms with E-state index >= 15 is 0 Å². The lowest BCUT2D eigenvalue weighted by Crippen LogP contribution is -2.24. The number of carbonyl (C=O) groups excluding carboxylic acids is 1. The van der Waals surface area contributed by atoms with E-state index in [0.717, 1.165) is 0 Å². The number of amides is 1. The molecule has 3 N–H and O–H groups in total. The lowest BCUT2D eigenvalue weighted by molar-refractivity contribution is -0.116. The summed E-state index contributed by atoms with van der Waals surface area (Å²) >= 11 is 11.4. The van der Waals surface area contributed by atoms with E-state index in [2.05, 4.69) is 15.3 Å². The van der Waals surface area contributed by atoms with Gasteiger partial charge in [-0.2, -0.15) is 0 Å². The molecule has 1 unspecified atom stereocenters. The number of aromatic nitrogens is 2. The third kappa shape index (κ3) is 3.62. The van der Waals surface area contributed by atoms with Crippen LogP contribution in [0.3, 0.4) is 0 Å². The molecular weight excluding hydrogens is 239 g/mol. The predicted molar refractivity (Wildman–Crippen MR) is 58.9 cm³/mol. The van der Waals surface area contributed by atoms with E-state index in [0.29, 0.717) is 0 Å². The summed E-state index contributed by atoms with van der Waals surface area (Å²) < 4.78 is 0. The first-order valence-electron chi connectivity index (χ1n) is 4.22. The van der Waals surface area contributed by atoms with E-state index in [1.54, 1.807) is 6.92 Å². The zero-order chi connectivity index (χ0) is 11.4. The molecule has 1 heterocycles. The van der Waals surface area contributed by atoms with Gasteiger partial charge in [0.15, 0.2) is 11.0 Å². The van der Waals surface area contributed by atoms with Gasteiger partial charge in [-0.05, 0) is 6.92 Å². The minimum Gasteiger partial charge on any atom is -0.327 e. The summed E-state index contributed by atoms with van der Waals surface area (Å²) in [4.78, 5) is 18.8. The van der Waals surface area contributed by atoms with Crippen LogP contribution in [0.4, 0.5) is 5.82 Å². The standard InChI is InChI=1S/C8H10Cl2N4O/c1-4(11)2-5(15)14-8-6(9)7(10)12-3-13-8/h3-4H,2,11H2,1H3,(H,12,13,14,15). The summed E-state index contributed by atoms with van der Waals surface area (Å²) in [5.74, 6) is -0.0658. The van der Waals surface area contributed by atoms with Crippen molar-refractivity contribution in [3.05, 3.63) is 16.5 Å². The molecule has 0 saturated heterocycles. The van der Waals surface area contributed by atoms with Crippen LogP contribution in [0.15, 0.2) is 6.33 Å². The molecule has 0 aliphatic rings. The number of nitrogens with two attached hydrogens (primary N) is 1. The molecule has 0 aliphatic heterocycles. The number of nitrogens with one attached hydrogen (secondary N) is 1. The highest BCUT2D eigenvalue weighted by Gasteiger charge is 2.11. The Morgan fingerprint density at radius 1 is 1.60 bits per heavy atom. The maximum absolute atomic E-state index is 11.3. The van der Waals surface area contributed by atoms with Crippen molar-refractivity contribution in [2.75, 3.05) is 5.32 Å². The van der Waals surface area contributed by atoms with Crippen molar-refractivity contribution in [2.45, 2.75) is 19.4 Å². The Morgan fingerprint density at radius 3 is 2.87 bits per heavy atom. The number of anilines is 1. The summed E-state index contributed by atoms with van der Waals surface area (Å²) in [6.45, 7) is 1.73. The molecule has 0 saturated carbocycles. The Kier molecular flexibility index (Phi) is 4.26. The van der Waals surface area contributed by atoms with Gasteiger partial charge in [-0.25, -0.2) is 9.97 Å². The second-order valence-corrected chi connectivity index (χ2v) is 3.79. The second kappa shape index (κ2) is 5.25. The molecule has 1 aromatic heterocycles. The molecule has 1 aromatic rings. The number of hydrogen-bond donors (Lipinski definition) is 2. The molecule has 15 heavy (non-hydrogen) atoms. The SMILES string of the molecule is CC(N)CC(=O)Nc1ncnc(Cl)c1Cl. The Labute approximate surface area is 97.0 Å². The number of hydrogen-bond acceptors (Lipinski definition) is 4. The minimum atomic E-state index is -0.262. The highest BCUT2D eigenvalue weighted by Crippen LogP contribution is 2.25. The summed E-state index contributed by atoms with van der Waals surface area (Å²) in [7, 11) is 0. The second-order valence-electron chi connectivity index (χ2n) is 3.06. The van der Waals surface area contributed by atoms with Gasteiger partial charge in [-0.3, -0.25) is 4.79 Å². The molecule has 82 valence electrons. The lowest BCUT2D eigenvalue weighted by atomic mass is 10.2. The molecule has 0 radical (unpaired) electrons. The fourth-order valence-electron chi connectivity index (χ4n) is 0.911. The maximum Gasteiger partial charge on any atom is 0.227 e. The fourth-order valence-corrected chi connectivity index (χ4v) is 1.19. The van der Waals surface area contributed by atoms with Gasteiger partial charge in [0.25, 0.3) is 0 Å². The molecule has 0 aromatic carbocycles. The quantitative estimate of drug-likeness (QED) is 0.794. The molecule has 7 heteroatoms. The van der Waals surface area contributed by atoms with Gasteiger partial charge in [0.2, 0.25) is 5.91 Å². The molecular formula is C8H10Cl2N4O. The highest BCUT2D eigenvalue weighted by molar-refractivity contribution is 6.42. The number of nitrogens with zero attached hydrogens (tertiary/aromatic N) is 2. The van der Waals surface area contributed by atoms with Crippen LogP contribution < -0.4 is 11.1 Å². The molecule has 0 bridgehead atoms. The monoisotopic (exact) mass is 248 g/mol. The van der Waals surface area contributed by atoms with Crippen LogP contribution in [0, 0.1) is 0 Å². The van der Waals surface area contributed by atoms with Gasteiger partial charge in [-0.1, -0.05) is 23.2 Å². The van der Waals surface area contributed by atoms with E-state index in [4.69, 9.17) is 28.9 Å². The summed E-state index contributed by atoms with van der Waals surface area (Å²) in [6.07, 6.45) is 1.41. The van der Waals surface area contributed by atoms with E-state index in [9.17, 15) is 4.79 Å². The number of carbonyl (C=O) groups is 1. The summed E-state index contributed by atoms with van der Waals surface area (Å²) in [5, 5.41) is 2.72. The maximum atomic E-state index is 11.3. The third-order valence-corrected chi connectivity index (χ3v) is 2.25. The van der Waals surface area contributed by atoms with Gasteiger partial charge in [0, 0.05) is 12.5 Å². The molecule has 1 rings (SSSR count). The number of halogens is 2. The van der Waals surface area contributed by atoms with Crippen LogP contribution >= 0.6 is 23.2 Å². The van der Waals surface area contributed by atoms with Crippen LogP contribution in [0.25, 0.3) is 0 Å². The normalized spacial score (nSPS) is 12.3. The molecule has 1 amide bonds. The van der Waals surface area contributed by atoms with Gasteiger partial charge >= 0.3 is 0 Å². The van der Waals surface area contributed by atoms with Crippen molar-refractivity contribution >= 4 is 34.9 Å². The van der Waals surface area contributed by atoms with Crippen LogP contribution in [-0.4, -0.2) is 21.9 Å². The Bertz CT molecular complexity index is 370. The van der Waals surface area contributed by atoms with Crippen molar-refractivity contribution in [1.29, 1.82) is 0 Å². The van der Waals surface area contributed by atoms with Crippen molar-refractivity contribution in [3.8, 4) is 0 Å². The van der Waals surface area contributed by atoms with E-state index < -0.39 is 0 Å². The van der Waals surface area contributed by atoms with E-state index in [1.165, 1.54) is 6.33 Å². The minimum absolute atomic E-state index is 0.0998. The van der Waals surface area contributed by atoms with Gasteiger partial charge in [-0.15, -0.1) is 0 Å². The smallest absolute Gasteiger partial charge is 0.227 e. The van der Waals surface area contributed by atoms with Crippen LogP contribution in [-0.2, 0) is 4.79 Å². The summed E-state index contributed by atoms with van der Waals surface area (Å²) in [6, 6.07) is -0.221. The van der Waals surface area contributed by atoms with E-state index in [-0.39, 0.29) is 34.4 Å². The van der Waals surface area contributed by atoms with Gasteiger partial charge < -0.3 is 11.1 Å². The molecule has 0 fully saturated rings.